The number of benzene rings is 1. The zero-order chi connectivity index (χ0) is 14.3. The number of hydrogen-bond donors (Lipinski definition) is 1. The van der Waals surface area contributed by atoms with Crippen LogP contribution in [-0.4, -0.2) is 35.6 Å². The van der Waals surface area contributed by atoms with Crippen LogP contribution in [0.25, 0.3) is 0 Å². The molecule has 0 atom stereocenters. The summed E-state index contributed by atoms with van der Waals surface area (Å²) in [5, 5.41) is 8.93. The molecule has 0 aliphatic heterocycles. The SMILES string of the molecule is CCCCN(CCO)C(=O)Cc1ccc(F)c(F)c1. The van der Waals surface area contributed by atoms with Crippen molar-refractivity contribution >= 4 is 5.91 Å². The molecule has 3 nitrogen and oxygen atoms in total. The first-order valence-corrected chi connectivity index (χ1v) is 6.41. The highest BCUT2D eigenvalue weighted by atomic mass is 19.2. The fourth-order valence-corrected chi connectivity index (χ4v) is 1.77. The molecule has 0 spiro atoms. The van der Waals surface area contributed by atoms with Crippen molar-refractivity contribution < 1.29 is 18.7 Å². The predicted octanol–water partition coefficient (Wildman–Crippen LogP) is 2.13. The Labute approximate surface area is 111 Å². The molecule has 0 saturated carbocycles. The third kappa shape index (κ3) is 4.95. The van der Waals surface area contributed by atoms with E-state index in [4.69, 9.17) is 5.11 Å². The Balaban J connectivity index is 2.66. The molecule has 5 heteroatoms. The second kappa shape index (κ2) is 7.84. The summed E-state index contributed by atoms with van der Waals surface area (Å²) in [4.78, 5) is 13.5. The molecular formula is C14H19F2NO2. The normalized spacial score (nSPS) is 10.5. The Morgan fingerprint density at radius 1 is 1.26 bits per heavy atom. The van der Waals surface area contributed by atoms with Crippen LogP contribution < -0.4 is 0 Å². The topological polar surface area (TPSA) is 40.5 Å². The van der Waals surface area contributed by atoms with Crippen molar-refractivity contribution in [3.63, 3.8) is 0 Å². The van der Waals surface area contributed by atoms with Crippen LogP contribution in [0.15, 0.2) is 18.2 Å². The zero-order valence-corrected chi connectivity index (χ0v) is 11.0. The summed E-state index contributed by atoms with van der Waals surface area (Å²) >= 11 is 0. The monoisotopic (exact) mass is 271 g/mol. The van der Waals surface area contributed by atoms with Gasteiger partial charge in [-0.25, -0.2) is 8.78 Å². The second-order valence-corrected chi connectivity index (χ2v) is 4.38. The van der Waals surface area contributed by atoms with E-state index in [2.05, 4.69) is 0 Å². The van der Waals surface area contributed by atoms with Crippen LogP contribution in [0.2, 0.25) is 0 Å². The Kier molecular flexibility index (Phi) is 6.42. The first-order chi connectivity index (χ1) is 9.08. The molecule has 1 amide bonds. The fraction of sp³-hybridized carbons (Fsp3) is 0.500. The minimum atomic E-state index is -0.951. The van der Waals surface area contributed by atoms with Crippen LogP contribution in [0.4, 0.5) is 8.78 Å². The van der Waals surface area contributed by atoms with Gasteiger partial charge in [0.15, 0.2) is 11.6 Å². The van der Waals surface area contributed by atoms with E-state index in [1.54, 1.807) is 4.90 Å². The standard InChI is InChI=1S/C14H19F2NO2/c1-2-3-6-17(7-8-18)14(19)10-11-4-5-12(15)13(16)9-11/h4-5,9,18H,2-3,6-8,10H2,1H3. The number of halogens is 2. The van der Waals surface area contributed by atoms with Gasteiger partial charge in [-0.3, -0.25) is 4.79 Å². The van der Waals surface area contributed by atoms with Crippen molar-refractivity contribution in [1.29, 1.82) is 0 Å². The van der Waals surface area contributed by atoms with E-state index >= 15 is 0 Å². The minimum absolute atomic E-state index is 0.0148. The van der Waals surface area contributed by atoms with E-state index in [1.807, 2.05) is 6.92 Å². The largest absolute Gasteiger partial charge is 0.395 e. The number of hydrogen-bond acceptors (Lipinski definition) is 2. The van der Waals surface area contributed by atoms with Gasteiger partial charge in [0.2, 0.25) is 5.91 Å². The number of carbonyl (C=O) groups excluding carboxylic acids is 1. The molecule has 0 heterocycles. The van der Waals surface area contributed by atoms with Gasteiger partial charge in [0.05, 0.1) is 13.0 Å². The predicted molar refractivity (Wildman–Crippen MR) is 68.6 cm³/mol. The third-order valence-corrected chi connectivity index (χ3v) is 2.84. The van der Waals surface area contributed by atoms with Crippen molar-refractivity contribution in [2.75, 3.05) is 19.7 Å². The lowest BCUT2D eigenvalue weighted by molar-refractivity contribution is -0.131. The quantitative estimate of drug-likeness (QED) is 0.825. The maximum atomic E-state index is 13.0. The van der Waals surface area contributed by atoms with E-state index in [0.717, 1.165) is 25.0 Å². The summed E-state index contributed by atoms with van der Waals surface area (Å²) in [6, 6.07) is 3.44. The maximum Gasteiger partial charge on any atom is 0.227 e. The van der Waals surface area contributed by atoms with Crippen LogP contribution in [0.1, 0.15) is 25.3 Å². The molecule has 1 N–H and O–H groups in total. The Hall–Kier alpha value is -1.49. The van der Waals surface area contributed by atoms with E-state index < -0.39 is 11.6 Å². The van der Waals surface area contributed by atoms with Crippen LogP contribution in [0.3, 0.4) is 0 Å². The molecular weight excluding hydrogens is 252 g/mol. The number of unbranched alkanes of at least 4 members (excludes halogenated alkanes) is 1. The van der Waals surface area contributed by atoms with Crippen molar-refractivity contribution in [1.82, 2.24) is 4.90 Å². The summed E-state index contributed by atoms with van der Waals surface area (Å²) in [6.45, 7) is 2.74. The molecule has 1 aromatic carbocycles. The maximum absolute atomic E-state index is 13.0. The van der Waals surface area contributed by atoms with Crippen molar-refractivity contribution in [2.24, 2.45) is 0 Å². The molecule has 106 valence electrons. The van der Waals surface area contributed by atoms with Gasteiger partial charge in [-0.2, -0.15) is 0 Å². The number of aliphatic hydroxyl groups is 1. The van der Waals surface area contributed by atoms with Crippen molar-refractivity contribution in [3.8, 4) is 0 Å². The number of aliphatic hydroxyl groups excluding tert-OH is 1. The first kappa shape index (κ1) is 15.6. The summed E-state index contributed by atoms with van der Waals surface area (Å²) < 4.78 is 25.8. The Morgan fingerprint density at radius 2 is 2.00 bits per heavy atom. The number of rotatable bonds is 7. The molecule has 0 radical (unpaired) electrons. The van der Waals surface area contributed by atoms with E-state index in [9.17, 15) is 13.6 Å². The van der Waals surface area contributed by atoms with Crippen LogP contribution in [-0.2, 0) is 11.2 Å². The van der Waals surface area contributed by atoms with Crippen LogP contribution >= 0.6 is 0 Å². The molecule has 0 fully saturated rings. The van der Waals surface area contributed by atoms with E-state index in [0.29, 0.717) is 12.1 Å². The van der Waals surface area contributed by atoms with Gasteiger partial charge in [-0.1, -0.05) is 19.4 Å². The van der Waals surface area contributed by atoms with E-state index in [-0.39, 0.29) is 25.5 Å². The average Bonchev–Trinajstić information content (AvgIpc) is 2.38. The number of carbonyl (C=O) groups is 1. The molecule has 0 saturated heterocycles. The second-order valence-electron chi connectivity index (χ2n) is 4.38. The highest BCUT2D eigenvalue weighted by Crippen LogP contribution is 2.10. The zero-order valence-electron chi connectivity index (χ0n) is 11.0. The number of amides is 1. The summed E-state index contributed by atoms with van der Waals surface area (Å²) in [7, 11) is 0. The first-order valence-electron chi connectivity index (χ1n) is 6.41. The van der Waals surface area contributed by atoms with Gasteiger partial charge in [0, 0.05) is 13.1 Å². The van der Waals surface area contributed by atoms with Gasteiger partial charge in [-0.15, -0.1) is 0 Å². The Morgan fingerprint density at radius 3 is 2.58 bits per heavy atom. The molecule has 0 aromatic heterocycles. The number of nitrogens with zero attached hydrogens (tertiary/aromatic N) is 1. The summed E-state index contributed by atoms with van der Waals surface area (Å²) in [5.41, 5.74) is 0.434. The smallest absolute Gasteiger partial charge is 0.227 e. The van der Waals surface area contributed by atoms with Crippen LogP contribution in [0, 0.1) is 11.6 Å². The van der Waals surface area contributed by atoms with Gasteiger partial charge in [-0.05, 0) is 24.1 Å². The van der Waals surface area contributed by atoms with Gasteiger partial charge in [0.1, 0.15) is 0 Å². The molecule has 0 bridgehead atoms. The van der Waals surface area contributed by atoms with E-state index in [1.165, 1.54) is 6.07 Å². The highest BCUT2D eigenvalue weighted by Gasteiger charge is 2.14. The molecule has 1 rings (SSSR count). The average molecular weight is 271 g/mol. The third-order valence-electron chi connectivity index (χ3n) is 2.84. The molecule has 19 heavy (non-hydrogen) atoms. The Bertz CT molecular complexity index is 424. The molecule has 1 aromatic rings. The van der Waals surface area contributed by atoms with Gasteiger partial charge < -0.3 is 10.0 Å². The lowest BCUT2D eigenvalue weighted by atomic mass is 10.1. The summed E-state index contributed by atoms with van der Waals surface area (Å²) in [6.07, 6.45) is 1.81. The summed E-state index contributed by atoms with van der Waals surface area (Å²) in [5.74, 6) is -2.06. The lowest BCUT2D eigenvalue weighted by Gasteiger charge is -2.21. The van der Waals surface area contributed by atoms with Gasteiger partial charge >= 0.3 is 0 Å². The minimum Gasteiger partial charge on any atom is -0.395 e. The molecule has 0 aliphatic carbocycles. The highest BCUT2D eigenvalue weighted by molar-refractivity contribution is 5.78. The molecule has 0 aliphatic rings. The fourth-order valence-electron chi connectivity index (χ4n) is 1.77. The molecule has 0 unspecified atom stereocenters. The van der Waals surface area contributed by atoms with Crippen molar-refractivity contribution in [2.45, 2.75) is 26.2 Å². The lowest BCUT2D eigenvalue weighted by Crippen LogP contribution is -2.35. The van der Waals surface area contributed by atoms with Crippen molar-refractivity contribution in [3.05, 3.63) is 35.4 Å². The van der Waals surface area contributed by atoms with Crippen LogP contribution in [0.5, 0.6) is 0 Å². The van der Waals surface area contributed by atoms with Gasteiger partial charge in [0.25, 0.3) is 0 Å².